The van der Waals surface area contributed by atoms with Gasteiger partial charge >= 0.3 is 6.18 Å². The maximum atomic E-state index is 12.5. The third kappa shape index (κ3) is 4.26. The summed E-state index contributed by atoms with van der Waals surface area (Å²) in [4.78, 5) is 0. The molecule has 0 heterocycles. The molecule has 118 valence electrons. The second-order valence-electron chi connectivity index (χ2n) is 6.26. The first kappa shape index (κ1) is 16.4. The molecule has 0 amide bonds. The van der Waals surface area contributed by atoms with Crippen LogP contribution in [-0.4, -0.2) is 0 Å². The van der Waals surface area contributed by atoms with Gasteiger partial charge in [0.15, 0.2) is 0 Å². The standard InChI is InChI=1S/C18H19F3O/c1-17(2,3)14-6-4-13(5-7-14)12-22-16-10-8-15(9-11-16)18(19,20)21/h4-11H,12H2,1-3H3. The Bertz CT molecular complexity index is 547. The molecule has 0 saturated heterocycles. The Morgan fingerprint density at radius 3 is 1.73 bits per heavy atom. The van der Waals surface area contributed by atoms with Crippen molar-refractivity contribution in [3.05, 3.63) is 65.2 Å². The van der Waals surface area contributed by atoms with Gasteiger partial charge in [-0.2, -0.15) is 13.2 Å². The Balaban J connectivity index is 1.98. The molecular weight excluding hydrogens is 289 g/mol. The number of hydrogen-bond acceptors (Lipinski definition) is 1. The first-order chi connectivity index (χ1) is 10.2. The fourth-order valence-electron chi connectivity index (χ4n) is 2.01. The lowest BCUT2D eigenvalue weighted by molar-refractivity contribution is -0.137. The zero-order valence-corrected chi connectivity index (χ0v) is 12.9. The minimum absolute atomic E-state index is 0.0901. The van der Waals surface area contributed by atoms with Crippen LogP contribution in [0.1, 0.15) is 37.5 Å². The number of hydrogen-bond donors (Lipinski definition) is 0. The van der Waals surface area contributed by atoms with Crippen LogP contribution in [0, 0.1) is 0 Å². The molecule has 2 rings (SSSR count). The Kier molecular flexibility index (Phi) is 4.50. The normalized spacial score (nSPS) is 12.3. The molecule has 0 bridgehead atoms. The van der Waals surface area contributed by atoms with E-state index in [1.165, 1.54) is 17.7 Å². The van der Waals surface area contributed by atoms with Crippen molar-refractivity contribution in [3.8, 4) is 5.75 Å². The lowest BCUT2D eigenvalue weighted by Gasteiger charge is -2.19. The van der Waals surface area contributed by atoms with Gasteiger partial charge in [0.2, 0.25) is 0 Å². The minimum Gasteiger partial charge on any atom is -0.489 e. The van der Waals surface area contributed by atoms with Crippen LogP contribution in [-0.2, 0) is 18.2 Å². The van der Waals surface area contributed by atoms with Crippen LogP contribution in [0.25, 0.3) is 0 Å². The number of rotatable bonds is 3. The summed E-state index contributed by atoms with van der Waals surface area (Å²) in [5.74, 6) is 0.424. The van der Waals surface area contributed by atoms with Gasteiger partial charge in [-0.1, -0.05) is 45.0 Å². The van der Waals surface area contributed by atoms with Crippen molar-refractivity contribution < 1.29 is 17.9 Å². The van der Waals surface area contributed by atoms with E-state index in [0.29, 0.717) is 12.4 Å². The van der Waals surface area contributed by atoms with Gasteiger partial charge in [-0.05, 0) is 40.8 Å². The zero-order chi connectivity index (χ0) is 16.4. The van der Waals surface area contributed by atoms with Crippen LogP contribution in [0.2, 0.25) is 0 Å². The highest BCUT2D eigenvalue weighted by Crippen LogP contribution is 2.30. The van der Waals surface area contributed by atoms with Gasteiger partial charge in [-0.15, -0.1) is 0 Å². The number of ether oxygens (including phenoxy) is 1. The summed E-state index contributed by atoms with van der Waals surface area (Å²) < 4.78 is 42.9. The molecule has 0 N–H and O–H groups in total. The molecule has 0 aliphatic rings. The molecule has 2 aromatic carbocycles. The van der Waals surface area contributed by atoms with Crippen LogP contribution in [0.4, 0.5) is 13.2 Å². The average molecular weight is 308 g/mol. The fourth-order valence-corrected chi connectivity index (χ4v) is 2.01. The van der Waals surface area contributed by atoms with Crippen LogP contribution in [0.5, 0.6) is 5.75 Å². The van der Waals surface area contributed by atoms with E-state index in [1.54, 1.807) is 0 Å². The molecule has 0 aromatic heterocycles. The van der Waals surface area contributed by atoms with Crippen molar-refractivity contribution in [2.45, 2.75) is 39.0 Å². The second kappa shape index (κ2) is 6.03. The Hall–Kier alpha value is -1.97. The van der Waals surface area contributed by atoms with Gasteiger partial charge < -0.3 is 4.74 Å². The molecule has 0 aliphatic heterocycles. The van der Waals surface area contributed by atoms with Gasteiger partial charge in [0.25, 0.3) is 0 Å². The molecule has 1 nitrogen and oxygen atoms in total. The van der Waals surface area contributed by atoms with E-state index < -0.39 is 11.7 Å². The molecule has 0 radical (unpaired) electrons. The summed E-state index contributed by atoms with van der Waals surface area (Å²) in [6.07, 6.45) is -4.32. The van der Waals surface area contributed by atoms with E-state index in [-0.39, 0.29) is 5.41 Å². The lowest BCUT2D eigenvalue weighted by Crippen LogP contribution is -2.10. The van der Waals surface area contributed by atoms with Gasteiger partial charge in [0.1, 0.15) is 12.4 Å². The lowest BCUT2D eigenvalue weighted by atomic mass is 9.87. The van der Waals surface area contributed by atoms with E-state index in [9.17, 15) is 13.2 Å². The third-order valence-electron chi connectivity index (χ3n) is 3.41. The predicted octanol–water partition coefficient (Wildman–Crippen LogP) is 5.58. The molecule has 0 unspecified atom stereocenters. The molecule has 0 atom stereocenters. The first-order valence-electron chi connectivity index (χ1n) is 7.06. The summed E-state index contributed by atoms with van der Waals surface area (Å²) in [6.45, 7) is 6.75. The Morgan fingerprint density at radius 1 is 0.773 bits per heavy atom. The Morgan fingerprint density at radius 2 is 1.27 bits per heavy atom. The van der Waals surface area contributed by atoms with Crippen molar-refractivity contribution in [3.63, 3.8) is 0 Å². The highest BCUT2D eigenvalue weighted by molar-refractivity contribution is 5.30. The van der Waals surface area contributed by atoms with Crippen molar-refractivity contribution in [2.24, 2.45) is 0 Å². The van der Waals surface area contributed by atoms with Gasteiger partial charge in [-0.3, -0.25) is 0 Å². The smallest absolute Gasteiger partial charge is 0.416 e. The molecule has 0 saturated carbocycles. The van der Waals surface area contributed by atoms with Crippen molar-refractivity contribution in [1.82, 2.24) is 0 Å². The maximum absolute atomic E-state index is 12.5. The first-order valence-corrected chi connectivity index (χ1v) is 7.06. The minimum atomic E-state index is -4.32. The molecular formula is C18H19F3O. The highest BCUT2D eigenvalue weighted by atomic mass is 19.4. The second-order valence-corrected chi connectivity index (χ2v) is 6.26. The number of benzene rings is 2. The van der Waals surface area contributed by atoms with E-state index >= 15 is 0 Å². The molecule has 2 aromatic rings. The summed E-state index contributed by atoms with van der Waals surface area (Å²) in [5.41, 5.74) is 1.63. The van der Waals surface area contributed by atoms with Crippen molar-refractivity contribution >= 4 is 0 Å². The van der Waals surface area contributed by atoms with Gasteiger partial charge in [0.05, 0.1) is 5.56 Å². The topological polar surface area (TPSA) is 9.23 Å². The summed E-state index contributed by atoms with van der Waals surface area (Å²) in [6, 6.07) is 12.8. The highest BCUT2D eigenvalue weighted by Gasteiger charge is 2.29. The van der Waals surface area contributed by atoms with E-state index in [2.05, 4.69) is 20.8 Å². The van der Waals surface area contributed by atoms with Crippen LogP contribution >= 0.6 is 0 Å². The van der Waals surface area contributed by atoms with E-state index in [1.807, 2.05) is 24.3 Å². The largest absolute Gasteiger partial charge is 0.489 e. The molecule has 0 fully saturated rings. The quantitative estimate of drug-likeness (QED) is 0.719. The number of halogens is 3. The van der Waals surface area contributed by atoms with Crippen molar-refractivity contribution in [2.75, 3.05) is 0 Å². The summed E-state index contributed by atoms with van der Waals surface area (Å²) in [7, 11) is 0. The monoisotopic (exact) mass is 308 g/mol. The maximum Gasteiger partial charge on any atom is 0.416 e. The molecule has 0 aliphatic carbocycles. The summed E-state index contributed by atoms with van der Waals surface area (Å²) >= 11 is 0. The summed E-state index contributed by atoms with van der Waals surface area (Å²) in [5, 5.41) is 0. The van der Waals surface area contributed by atoms with Crippen LogP contribution in [0.15, 0.2) is 48.5 Å². The third-order valence-corrected chi connectivity index (χ3v) is 3.41. The Labute approximate surface area is 128 Å². The van der Waals surface area contributed by atoms with Crippen LogP contribution < -0.4 is 4.74 Å². The van der Waals surface area contributed by atoms with E-state index in [4.69, 9.17) is 4.74 Å². The van der Waals surface area contributed by atoms with E-state index in [0.717, 1.165) is 17.7 Å². The molecule has 0 spiro atoms. The van der Waals surface area contributed by atoms with Gasteiger partial charge in [-0.25, -0.2) is 0 Å². The average Bonchev–Trinajstić information content (AvgIpc) is 2.44. The SMILES string of the molecule is CC(C)(C)c1ccc(COc2ccc(C(F)(F)F)cc2)cc1. The predicted molar refractivity (Wildman–Crippen MR) is 80.9 cm³/mol. The van der Waals surface area contributed by atoms with Crippen LogP contribution in [0.3, 0.4) is 0 Å². The van der Waals surface area contributed by atoms with Crippen molar-refractivity contribution in [1.29, 1.82) is 0 Å². The molecule has 22 heavy (non-hydrogen) atoms. The number of alkyl halides is 3. The molecule has 4 heteroatoms. The zero-order valence-electron chi connectivity index (χ0n) is 12.9. The fraction of sp³-hybridized carbons (Fsp3) is 0.333. The van der Waals surface area contributed by atoms with Gasteiger partial charge in [0, 0.05) is 0 Å².